The Kier molecular flexibility index (Phi) is 4.78. The fraction of sp³-hybridized carbons (Fsp3) is 0.600. The molecule has 0 aliphatic heterocycles. The largest absolute Gasteiger partial charge is 0.489 e. The normalized spacial score (nSPS) is 10.0. The predicted octanol–water partition coefficient (Wildman–Crippen LogP) is 0.149. The first-order valence-electron chi connectivity index (χ1n) is 5.03. The van der Waals surface area contributed by atoms with Crippen molar-refractivity contribution in [3.05, 3.63) is 6.33 Å². The Balaban J connectivity index is 2.93. The van der Waals surface area contributed by atoms with Gasteiger partial charge in [0.25, 0.3) is 5.88 Å². The SMILES string of the molecule is CNCCN(C)c1ncnc(OC)c1OC. The molecule has 0 aliphatic rings. The molecular weight excluding hydrogens is 208 g/mol. The van der Waals surface area contributed by atoms with Gasteiger partial charge < -0.3 is 19.7 Å². The molecule has 90 valence electrons. The molecule has 0 radical (unpaired) electrons. The van der Waals surface area contributed by atoms with Gasteiger partial charge in [-0.25, -0.2) is 4.98 Å². The molecular formula is C10H18N4O2. The number of ether oxygens (including phenoxy) is 2. The van der Waals surface area contributed by atoms with E-state index in [4.69, 9.17) is 9.47 Å². The Bertz CT molecular complexity index is 333. The maximum Gasteiger partial charge on any atom is 0.262 e. The highest BCUT2D eigenvalue weighted by Crippen LogP contribution is 2.32. The van der Waals surface area contributed by atoms with E-state index >= 15 is 0 Å². The van der Waals surface area contributed by atoms with Gasteiger partial charge in [-0.05, 0) is 7.05 Å². The number of methoxy groups -OCH3 is 2. The molecule has 16 heavy (non-hydrogen) atoms. The van der Waals surface area contributed by atoms with Crippen LogP contribution >= 0.6 is 0 Å². The van der Waals surface area contributed by atoms with Crippen LogP contribution in [0.15, 0.2) is 6.33 Å². The van der Waals surface area contributed by atoms with Gasteiger partial charge in [0, 0.05) is 20.1 Å². The molecule has 0 bridgehead atoms. The molecule has 0 amide bonds. The fourth-order valence-corrected chi connectivity index (χ4v) is 1.33. The highest BCUT2D eigenvalue weighted by atomic mass is 16.5. The van der Waals surface area contributed by atoms with Crippen molar-refractivity contribution in [3.63, 3.8) is 0 Å². The van der Waals surface area contributed by atoms with Crippen molar-refractivity contribution in [3.8, 4) is 11.6 Å². The van der Waals surface area contributed by atoms with Crippen LogP contribution in [0.3, 0.4) is 0 Å². The van der Waals surface area contributed by atoms with Gasteiger partial charge in [0.15, 0.2) is 5.82 Å². The van der Waals surface area contributed by atoms with E-state index in [1.165, 1.54) is 6.33 Å². The van der Waals surface area contributed by atoms with E-state index in [1.54, 1.807) is 14.2 Å². The molecule has 1 rings (SSSR count). The maximum atomic E-state index is 5.26. The summed E-state index contributed by atoms with van der Waals surface area (Å²) in [6.07, 6.45) is 1.46. The second kappa shape index (κ2) is 6.12. The standard InChI is InChI=1S/C10H18N4O2/c1-11-5-6-14(2)9-8(15-3)10(16-4)13-7-12-9/h7,11H,5-6H2,1-4H3. The maximum absolute atomic E-state index is 5.26. The lowest BCUT2D eigenvalue weighted by molar-refractivity contribution is 0.341. The van der Waals surface area contributed by atoms with Crippen LogP contribution in [0.2, 0.25) is 0 Å². The molecule has 1 heterocycles. The predicted molar refractivity (Wildman–Crippen MR) is 62.3 cm³/mol. The minimum absolute atomic E-state index is 0.448. The van der Waals surface area contributed by atoms with Crippen LogP contribution < -0.4 is 19.7 Å². The third-order valence-electron chi connectivity index (χ3n) is 2.21. The monoisotopic (exact) mass is 226 g/mol. The van der Waals surface area contributed by atoms with E-state index < -0.39 is 0 Å². The number of aromatic nitrogens is 2. The summed E-state index contributed by atoms with van der Waals surface area (Å²) in [7, 11) is 6.99. The molecule has 0 aromatic carbocycles. The first-order chi connectivity index (χ1) is 7.74. The van der Waals surface area contributed by atoms with Crippen LogP contribution in [0.1, 0.15) is 0 Å². The van der Waals surface area contributed by atoms with Crippen LogP contribution in [0.25, 0.3) is 0 Å². The summed E-state index contributed by atoms with van der Waals surface area (Å²) >= 11 is 0. The molecule has 0 atom stereocenters. The van der Waals surface area contributed by atoms with Crippen LogP contribution in [0.4, 0.5) is 5.82 Å². The van der Waals surface area contributed by atoms with E-state index in [1.807, 2.05) is 19.0 Å². The zero-order chi connectivity index (χ0) is 12.0. The number of rotatable bonds is 6. The van der Waals surface area contributed by atoms with Crippen molar-refractivity contribution in [1.82, 2.24) is 15.3 Å². The Labute approximate surface area is 95.6 Å². The van der Waals surface area contributed by atoms with Gasteiger partial charge in [-0.1, -0.05) is 0 Å². The third kappa shape index (κ3) is 2.73. The number of nitrogens with one attached hydrogen (secondary N) is 1. The van der Waals surface area contributed by atoms with Gasteiger partial charge in [-0.3, -0.25) is 0 Å². The zero-order valence-corrected chi connectivity index (χ0v) is 10.1. The van der Waals surface area contributed by atoms with Crippen molar-refractivity contribution in [2.75, 3.05) is 46.3 Å². The lowest BCUT2D eigenvalue weighted by Crippen LogP contribution is -2.28. The minimum Gasteiger partial charge on any atom is -0.489 e. The highest BCUT2D eigenvalue weighted by Gasteiger charge is 2.15. The Hall–Kier alpha value is -1.56. The lowest BCUT2D eigenvalue weighted by Gasteiger charge is -2.20. The zero-order valence-electron chi connectivity index (χ0n) is 10.1. The highest BCUT2D eigenvalue weighted by molar-refractivity contribution is 5.56. The first kappa shape index (κ1) is 12.5. The van der Waals surface area contributed by atoms with Gasteiger partial charge >= 0.3 is 0 Å². The molecule has 0 unspecified atom stereocenters. The van der Waals surface area contributed by atoms with Crippen molar-refractivity contribution in [2.45, 2.75) is 0 Å². The number of anilines is 1. The van der Waals surface area contributed by atoms with Crippen molar-refractivity contribution in [1.29, 1.82) is 0 Å². The molecule has 0 fully saturated rings. The van der Waals surface area contributed by atoms with Crippen LogP contribution in [0.5, 0.6) is 11.6 Å². The smallest absolute Gasteiger partial charge is 0.262 e. The second-order valence-electron chi connectivity index (χ2n) is 3.26. The van der Waals surface area contributed by atoms with Crippen LogP contribution in [-0.4, -0.2) is 51.4 Å². The van der Waals surface area contributed by atoms with Gasteiger partial charge in [0.1, 0.15) is 6.33 Å². The Morgan fingerprint density at radius 1 is 1.31 bits per heavy atom. The van der Waals surface area contributed by atoms with E-state index in [2.05, 4.69) is 15.3 Å². The van der Waals surface area contributed by atoms with Crippen LogP contribution in [-0.2, 0) is 0 Å². The summed E-state index contributed by atoms with van der Waals surface area (Å²) in [5.41, 5.74) is 0. The average Bonchev–Trinajstić information content (AvgIpc) is 2.34. The van der Waals surface area contributed by atoms with Crippen molar-refractivity contribution >= 4 is 5.82 Å². The number of likely N-dealkylation sites (N-methyl/N-ethyl adjacent to an activating group) is 2. The van der Waals surface area contributed by atoms with E-state index in [0.29, 0.717) is 11.6 Å². The summed E-state index contributed by atoms with van der Waals surface area (Å²) in [5, 5.41) is 3.08. The summed E-state index contributed by atoms with van der Waals surface area (Å²) in [6, 6.07) is 0. The topological polar surface area (TPSA) is 59.5 Å². The molecule has 0 saturated heterocycles. The molecule has 1 aromatic heterocycles. The van der Waals surface area contributed by atoms with E-state index in [0.717, 1.165) is 18.9 Å². The average molecular weight is 226 g/mol. The van der Waals surface area contributed by atoms with Gasteiger partial charge in [0.05, 0.1) is 14.2 Å². The molecule has 0 saturated carbocycles. The van der Waals surface area contributed by atoms with Crippen molar-refractivity contribution in [2.24, 2.45) is 0 Å². The van der Waals surface area contributed by atoms with E-state index in [9.17, 15) is 0 Å². The lowest BCUT2D eigenvalue weighted by atomic mass is 10.4. The quantitative estimate of drug-likeness (QED) is 0.745. The number of hydrogen-bond acceptors (Lipinski definition) is 6. The third-order valence-corrected chi connectivity index (χ3v) is 2.21. The van der Waals surface area contributed by atoms with E-state index in [-0.39, 0.29) is 0 Å². The number of hydrogen-bond donors (Lipinski definition) is 1. The number of nitrogens with zero attached hydrogens (tertiary/aromatic N) is 3. The molecule has 6 nitrogen and oxygen atoms in total. The summed E-state index contributed by atoms with van der Waals surface area (Å²) < 4.78 is 10.4. The van der Waals surface area contributed by atoms with Gasteiger partial charge in [-0.15, -0.1) is 0 Å². The summed E-state index contributed by atoms with van der Waals surface area (Å²) in [4.78, 5) is 10.2. The summed E-state index contributed by atoms with van der Waals surface area (Å²) in [6.45, 7) is 1.69. The van der Waals surface area contributed by atoms with Gasteiger partial charge in [-0.2, -0.15) is 4.98 Å². The minimum atomic E-state index is 0.448. The molecule has 6 heteroatoms. The molecule has 1 N–H and O–H groups in total. The molecule has 1 aromatic rings. The van der Waals surface area contributed by atoms with Crippen molar-refractivity contribution < 1.29 is 9.47 Å². The van der Waals surface area contributed by atoms with Gasteiger partial charge in [0.2, 0.25) is 5.75 Å². The Morgan fingerprint density at radius 2 is 2.06 bits per heavy atom. The van der Waals surface area contributed by atoms with Crippen LogP contribution in [0, 0.1) is 0 Å². The molecule has 0 spiro atoms. The summed E-state index contributed by atoms with van der Waals surface area (Å²) in [5.74, 6) is 1.73. The Morgan fingerprint density at radius 3 is 2.62 bits per heavy atom. The first-order valence-corrected chi connectivity index (χ1v) is 5.03. The second-order valence-corrected chi connectivity index (χ2v) is 3.26. The fourth-order valence-electron chi connectivity index (χ4n) is 1.33. The molecule has 0 aliphatic carbocycles.